The fourth-order valence-corrected chi connectivity index (χ4v) is 6.70. The summed E-state index contributed by atoms with van der Waals surface area (Å²) in [5, 5.41) is 4.82. The summed E-state index contributed by atoms with van der Waals surface area (Å²) in [6, 6.07) is 47.5. The second-order valence-electron chi connectivity index (χ2n) is 10.8. The lowest BCUT2D eigenvalue weighted by Crippen LogP contribution is -2.10. The van der Waals surface area contributed by atoms with Crippen molar-refractivity contribution in [1.82, 2.24) is 4.98 Å². The molecule has 0 amide bonds. The van der Waals surface area contributed by atoms with Gasteiger partial charge in [-0.1, -0.05) is 97.1 Å². The first-order chi connectivity index (χ1) is 20.8. The molecule has 0 atom stereocenters. The Labute approximate surface area is 242 Å². The van der Waals surface area contributed by atoms with Gasteiger partial charge >= 0.3 is 0 Å². The van der Waals surface area contributed by atoms with Crippen LogP contribution in [0.15, 0.2) is 150 Å². The van der Waals surface area contributed by atoms with Crippen molar-refractivity contribution >= 4 is 49.8 Å². The maximum Gasteiger partial charge on any atom is 0.159 e. The summed E-state index contributed by atoms with van der Waals surface area (Å²) in [6.45, 7) is 0. The van der Waals surface area contributed by atoms with Crippen molar-refractivity contribution in [3.05, 3.63) is 146 Å². The van der Waals surface area contributed by atoms with Gasteiger partial charge in [-0.3, -0.25) is 4.98 Å². The average molecular weight is 537 g/mol. The van der Waals surface area contributed by atoms with Gasteiger partial charge in [0.15, 0.2) is 5.58 Å². The van der Waals surface area contributed by atoms with Crippen LogP contribution in [0.5, 0.6) is 0 Å². The van der Waals surface area contributed by atoms with Crippen LogP contribution in [0.3, 0.4) is 0 Å². The highest BCUT2D eigenvalue weighted by Gasteiger charge is 2.23. The van der Waals surface area contributed by atoms with E-state index in [9.17, 15) is 0 Å². The summed E-state index contributed by atoms with van der Waals surface area (Å²) in [5.41, 5.74) is 12.5. The van der Waals surface area contributed by atoms with E-state index in [1.165, 1.54) is 44.2 Å². The van der Waals surface area contributed by atoms with E-state index in [1.807, 2.05) is 36.7 Å². The van der Waals surface area contributed by atoms with Gasteiger partial charge in [0.2, 0.25) is 0 Å². The van der Waals surface area contributed by atoms with Crippen LogP contribution < -0.4 is 4.90 Å². The molecule has 0 N–H and O–H groups in total. The van der Waals surface area contributed by atoms with E-state index in [1.54, 1.807) is 0 Å². The van der Waals surface area contributed by atoms with Gasteiger partial charge in [-0.05, 0) is 80.6 Å². The Balaban J connectivity index is 1.26. The summed E-state index contributed by atoms with van der Waals surface area (Å²) in [6.07, 6.45) is 3.68. The summed E-state index contributed by atoms with van der Waals surface area (Å²) >= 11 is 0. The van der Waals surface area contributed by atoms with E-state index in [0.29, 0.717) is 0 Å². The number of hydrogen-bond acceptors (Lipinski definition) is 3. The predicted octanol–water partition coefficient (Wildman–Crippen LogP) is 10.9. The number of para-hydroxylation sites is 2. The third kappa shape index (κ3) is 3.31. The summed E-state index contributed by atoms with van der Waals surface area (Å²) in [7, 11) is 0. The highest BCUT2D eigenvalue weighted by molar-refractivity contribution is 6.18. The lowest BCUT2D eigenvalue weighted by Gasteiger charge is -2.26. The normalized spacial score (nSPS) is 11.8. The number of anilines is 3. The lowest BCUT2D eigenvalue weighted by atomic mass is 9.94. The number of fused-ring (bicyclic) bond motifs is 6. The Kier molecular flexibility index (Phi) is 4.90. The third-order valence-corrected chi connectivity index (χ3v) is 8.51. The molecule has 196 valence electrons. The Morgan fingerprint density at radius 2 is 1.14 bits per heavy atom. The van der Waals surface area contributed by atoms with Crippen molar-refractivity contribution in [1.29, 1.82) is 0 Å². The topological polar surface area (TPSA) is 29.3 Å². The van der Waals surface area contributed by atoms with Gasteiger partial charge in [0.1, 0.15) is 5.58 Å². The van der Waals surface area contributed by atoms with Crippen LogP contribution >= 0.6 is 0 Å². The summed E-state index contributed by atoms with van der Waals surface area (Å²) in [5.74, 6) is 0. The monoisotopic (exact) mass is 536 g/mol. The second-order valence-corrected chi connectivity index (χ2v) is 10.8. The SMILES string of the molecule is c1cc(-c2ccc3c4c(cccc24)-c2ccccc2-3)cc(N(c2ccncc2)c2cccc3c2oc2ccccc23)c1. The molecule has 42 heavy (non-hydrogen) atoms. The largest absolute Gasteiger partial charge is 0.454 e. The van der Waals surface area contributed by atoms with Crippen molar-refractivity contribution in [3.8, 4) is 33.4 Å². The van der Waals surface area contributed by atoms with Crippen LogP contribution in [0.1, 0.15) is 0 Å². The van der Waals surface area contributed by atoms with Gasteiger partial charge in [0, 0.05) is 34.5 Å². The van der Waals surface area contributed by atoms with Gasteiger partial charge in [0.05, 0.1) is 5.69 Å². The molecule has 0 radical (unpaired) electrons. The number of aromatic nitrogens is 1. The molecule has 6 aromatic carbocycles. The Morgan fingerprint density at radius 1 is 0.476 bits per heavy atom. The number of rotatable bonds is 4. The van der Waals surface area contributed by atoms with E-state index in [4.69, 9.17) is 4.42 Å². The zero-order valence-corrected chi connectivity index (χ0v) is 22.7. The molecule has 2 heterocycles. The van der Waals surface area contributed by atoms with Crippen molar-refractivity contribution < 1.29 is 4.42 Å². The molecule has 9 rings (SSSR count). The quantitative estimate of drug-likeness (QED) is 0.224. The summed E-state index contributed by atoms with van der Waals surface area (Å²) < 4.78 is 6.49. The van der Waals surface area contributed by atoms with Gasteiger partial charge < -0.3 is 9.32 Å². The highest BCUT2D eigenvalue weighted by atomic mass is 16.3. The Morgan fingerprint density at radius 3 is 2.02 bits per heavy atom. The van der Waals surface area contributed by atoms with Crippen molar-refractivity contribution in [2.75, 3.05) is 4.90 Å². The molecule has 0 saturated carbocycles. The minimum atomic E-state index is 0.865. The van der Waals surface area contributed by atoms with Gasteiger partial charge in [0.25, 0.3) is 0 Å². The first kappa shape index (κ1) is 23.1. The maximum absolute atomic E-state index is 6.49. The zero-order valence-electron chi connectivity index (χ0n) is 22.7. The van der Waals surface area contributed by atoms with Crippen LogP contribution in [0.4, 0.5) is 17.1 Å². The molecule has 8 aromatic rings. The zero-order chi connectivity index (χ0) is 27.6. The van der Waals surface area contributed by atoms with Crippen LogP contribution in [-0.4, -0.2) is 4.98 Å². The van der Waals surface area contributed by atoms with Crippen LogP contribution in [0, 0.1) is 0 Å². The molecule has 2 aromatic heterocycles. The number of benzene rings is 6. The standard InChI is InChI=1S/C39H24N2O/c1-2-11-30-29(10-1)33-14-6-13-32-28(18-19-34(30)38(32)33)25-8-5-9-27(24-25)41(26-20-22-40-23-21-26)36-16-7-15-35-31-12-3-4-17-37(31)42-39(35)36/h1-24H. The van der Waals surface area contributed by atoms with Crippen LogP contribution in [0.25, 0.3) is 66.1 Å². The molecule has 3 nitrogen and oxygen atoms in total. The second kappa shape index (κ2) is 8.92. The van der Waals surface area contributed by atoms with Gasteiger partial charge in [-0.2, -0.15) is 0 Å². The first-order valence-electron chi connectivity index (χ1n) is 14.2. The van der Waals surface area contributed by atoms with Crippen molar-refractivity contribution in [3.63, 3.8) is 0 Å². The molecular formula is C39H24N2O. The minimum absolute atomic E-state index is 0.865. The average Bonchev–Trinajstić information content (AvgIpc) is 3.60. The smallest absolute Gasteiger partial charge is 0.159 e. The minimum Gasteiger partial charge on any atom is -0.454 e. The van der Waals surface area contributed by atoms with Crippen molar-refractivity contribution in [2.45, 2.75) is 0 Å². The van der Waals surface area contributed by atoms with E-state index in [0.717, 1.165) is 39.0 Å². The summed E-state index contributed by atoms with van der Waals surface area (Å²) in [4.78, 5) is 6.57. The number of furan rings is 1. The molecule has 3 heteroatoms. The molecule has 1 aliphatic rings. The Hall–Kier alpha value is -5.67. The fraction of sp³-hybridized carbons (Fsp3) is 0. The predicted molar refractivity (Wildman–Crippen MR) is 174 cm³/mol. The maximum atomic E-state index is 6.49. The molecule has 0 saturated heterocycles. The molecular weight excluding hydrogens is 512 g/mol. The van der Waals surface area contributed by atoms with Crippen molar-refractivity contribution in [2.24, 2.45) is 0 Å². The number of hydrogen-bond donors (Lipinski definition) is 0. The molecule has 0 fully saturated rings. The van der Waals surface area contributed by atoms with Gasteiger partial charge in [-0.15, -0.1) is 0 Å². The third-order valence-electron chi connectivity index (χ3n) is 8.51. The fourth-order valence-electron chi connectivity index (χ4n) is 6.70. The van der Waals surface area contributed by atoms with E-state index in [-0.39, 0.29) is 0 Å². The molecule has 0 aliphatic heterocycles. The lowest BCUT2D eigenvalue weighted by molar-refractivity contribution is 0.669. The molecule has 0 unspecified atom stereocenters. The molecule has 0 spiro atoms. The number of nitrogens with zero attached hydrogens (tertiary/aromatic N) is 2. The van der Waals surface area contributed by atoms with E-state index in [2.05, 4.69) is 119 Å². The first-order valence-corrected chi connectivity index (χ1v) is 14.2. The Bertz CT molecular complexity index is 2290. The number of pyridine rings is 1. The molecule has 0 bridgehead atoms. The molecule has 1 aliphatic carbocycles. The van der Waals surface area contributed by atoms with E-state index < -0.39 is 0 Å². The highest BCUT2D eigenvalue weighted by Crippen LogP contribution is 2.50. The van der Waals surface area contributed by atoms with Gasteiger partial charge in [-0.25, -0.2) is 0 Å². The van der Waals surface area contributed by atoms with E-state index >= 15 is 0 Å². The van der Waals surface area contributed by atoms with Crippen LogP contribution in [-0.2, 0) is 0 Å². The van der Waals surface area contributed by atoms with Crippen LogP contribution in [0.2, 0.25) is 0 Å².